The summed E-state index contributed by atoms with van der Waals surface area (Å²) in [5.74, 6) is 1.59. The van der Waals surface area contributed by atoms with Gasteiger partial charge >= 0.3 is 0 Å². The fraction of sp³-hybridized carbons (Fsp3) is 0.536. The van der Waals surface area contributed by atoms with E-state index < -0.39 is 0 Å². The molecule has 2 saturated heterocycles. The molecule has 2 atom stereocenters. The van der Waals surface area contributed by atoms with Gasteiger partial charge in [0.15, 0.2) is 0 Å². The highest BCUT2D eigenvalue weighted by Gasteiger charge is 2.42. The van der Waals surface area contributed by atoms with Crippen molar-refractivity contribution in [2.45, 2.75) is 40.0 Å². The van der Waals surface area contributed by atoms with E-state index in [9.17, 15) is 9.59 Å². The number of carbonyl (C=O) groups excluding carboxylic acids is 2. The van der Waals surface area contributed by atoms with E-state index in [2.05, 4.69) is 9.88 Å². The minimum atomic E-state index is 0.125. The predicted octanol–water partition coefficient (Wildman–Crippen LogP) is 4.50. The van der Waals surface area contributed by atoms with Gasteiger partial charge in [-0.1, -0.05) is 17.7 Å². The van der Waals surface area contributed by atoms with Gasteiger partial charge in [-0.25, -0.2) is 0 Å². The fourth-order valence-corrected chi connectivity index (χ4v) is 5.91. The molecule has 35 heavy (non-hydrogen) atoms. The second-order valence-electron chi connectivity index (χ2n) is 10.6. The molecule has 0 radical (unpaired) electrons. The number of amides is 2. The van der Waals surface area contributed by atoms with Crippen LogP contribution in [0.4, 0.5) is 5.69 Å². The molecule has 1 aromatic heterocycles. The number of aromatic nitrogens is 1. The maximum absolute atomic E-state index is 13.2. The highest BCUT2D eigenvalue weighted by molar-refractivity contribution is 6.31. The van der Waals surface area contributed by atoms with Gasteiger partial charge in [0.25, 0.3) is 5.91 Å². The van der Waals surface area contributed by atoms with E-state index in [1.807, 2.05) is 54.8 Å². The number of benzene rings is 1. The number of likely N-dealkylation sites (tertiary alicyclic amines) is 2. The monoisotopic (exact) mass is 494 g/mol. The maximum Gasteiger partial charge on any atom is 0.255 e. The highest BCUT2D eigenvalue weighted by atomic mass is 35.5. The quantitative estimate of drug-likeness (QED) is 0.568. The number of fused-ring (bicyclic) bond motifs is 1. The van der Waals surface area contributed by atoms with Gasteiger partial charge in [0, 0.05) is 55.5 Å². The zero-order valence-corrected chi connectivity index (χ0v) is 21.7. The topological polar surface area (TPSA) is 56.8 Å². The van der Waals surface area contributed by atoms with Gasteiger partial charge in [-0.05, 0) is 87.7 Å². The smallest absolute Gasteiger partial charge is 0.255 e. The van der Waals surface area contributed by atoms with Crippen molar-refractivity contribution in [2.75, 3.05) is 44.2 Å². The Labute approximate surface area is 213 Å². The standard InChI is InChI=1S/C28H35ClN4O2/c1-18-5-8-24(13-25(18)29)33(27(34)21-6-7-21)12-4-11-31-14-22-16-32(17-23(22)15-31)28(35)26-19(2)9-10-30-20(26)3/h5,8-10,13,21-23H,4,6-7,11-12,14-17H2,1-3H3. The molecule has 5 rings (SSSR count). The Morgan fingerprint density at radius 3 is 2.37 bits per heavy atom. The van der Waals surface area contributed by atoms with Crippen LogP contribution in [0.2, 0.25) is 5.02 Å². The Morgan fingerprint density at radius 2 is 1.74 bits per heavy atom. The first-order valence-electron chi connectivity index (χ1n) is 12.8. The summed E-state index contributed by atoms with van der Waals surface area (Å²) >= 11 is 6.36. The second-order valence-corrected chi connectivity index (χ2v) is 11.0. The average Bonchev–Trinajstić information content (AvgIpc) is 3.49. The molecule has 2 unspecified atom stereocenters. The van der Waals surface area contributed by atoms with Crippen LogP contribution in [0.3, 0.4) is 0 Å². The summed E-state index contributed by atoms with van der Waals surface area (Å²) in [4.78, 5) is 37.0. The fourth-order valence-electron chi connectivity index (χ4n) is 5.73. The van der Waals surface area contributed by atoms with E-state index in [1.165, 1.54) is 0 Å². The van der Waals surface area contributed by atoms with Gasteiger partial charge in [-0.2, -0.15) is 0 Å². The van der Waals surface area contributed by atoms with Gasteiger partial charge in [0.1, 0.15) is 0 Å². The van der Waals surface area contributed by atoms with E-state index in [0.717, 1.165) is 80.1 Å². The molecule has 7 heteroatoms. The molecule has 2 aromatic rings. The van der Waals surface area contributed by atoms with Crippen molar-refractivity contribution in [2.24, 2.45) is 17.8 Å². The average molecular weight is 495 g/mol. The van der Waals surface area contributed by atoms with Gasteiger partial charge in [-0.3, -0.25) is 14.6 Å². The van der Waals surface area contributed by atoms with Gasteiger partial charge < -0.3 is 14.7 Å². The van der Waals surface area contributed by atoms with E-state index in [4.69, 9.17) is 11.6 Å². The van der Waals surface area contributed by atoms with Crippen LogP contribution in [0, 0.1) is 38.5 Å². The third-order valence-electron chi connectivity index (χ3n) is 7.93. The van der Waals surface area contributed by atoms with Crippen LogP contribution >= 0.6 is 11.6 Å². The molecule has 186 valence electrons. The Kier molecular flexibility index (Phi) is 6.86. The van der Waals surface area contributed by atoms with Gasteiger partial charge in [0.05, 0.1) is 11.3 Å². The normalized spacial score (nSPS) is 21.9. The minimum Gasteiger partial charge on any atom is -0.338 e. The molecule has 2 aliphatic heterocycles. The van der Waals surface area contributed by atoms with Crippen LogP contribution < -0.4 is 4.90 Å². The molecular weight excluding hydrogens is 460 g/mol. The lowest BCUT2D eigenvalue weighted by molar-refractivity contribution is -0.119. The summed E-state index contributed by atoms with van der Waals surface area (Å²) < 4.78 is 0. The maximum atomic E-state index is 13.2. The summed E-state index contributed by atoms with van der Waals surface area (Å²) in [6.45, 7) is 11.3. The molecule has 3 heterocycles. The Morgan fingerprint density at radius 1 is 1.03 bits per heavy atom. The number of anilines is 1. The summed E-state index contributed by atoms with van der Waals surface area (Å²) in [7, 11) is 0. The van der Waals surface area contributed by atoms with E-state index in [-0.39, 0.29) is 17.7 Å². The zero-order chi connectivity index (χ0) is 24.7. The zero-order valence-electron chi connectivity index (χ0n) is 21.0. The molecule has 0 bridgehead atoms. The van der Waals surface area contributed by atoms with Crippen LogP contribution in [0.15, 0.2) is 30.5 Å². The summed E-state index contributed by atoms with van der Waals surface area (Å²) in [6.07, 6.45) is 4.69. The van der Waals surface area contributed by atoms with Crippen LogP contribution in [0.1, 0.15) is 46.4 Å². The number of hydrogen-bond acceptors (Lipinski definition) is 4. The Balaban J connectivity index is 1.15. The summed E-state index contributed by atoms with van der Waals surface area (Å²) in [6, 6.07) is 7.85. The van der Waals surface area contributed by atoms with Crippen molar-refractivity contribution in [3.05, 3.63) is 57.9 Å². The molecule has 1 aromatic carbocycles. The summed E-state index contributed by atoms with van der Waals surface area (Å²) in [5, 5.41) is 0.708. The molecule has 1 aliphatic carbocycles. The molecule has 2 amide bonds. The largest absolute Gasteiger partial charge is 0.338 e. The Bertz CT molecular complexity index is 1100. The molecule has 1 saturated carbocycles. The predicted molar refractivity (Wildman–Crippen MR) is 139 cm³/mol. The van der Waals surface area contributed by atoms with Crippen molar-refractivity contribution >= 4 is 29.1 Å². The Hall–Kier alpha value is -2.44. The van der Waals surface area contributed by atoms with Crippen molar-refractivity contribution in [3.63, 3.8) is 0 Å². The lowest BCUT2D eigenvalue weighted by Gasteiger charge is -2.26. The van der Waals surface area contributed by atoms with Gasteiger partial charge in [0.2, 0.25) is 5.91 Å². The van der Waals surface area contributed by atoms with Crippen LogP contribution in [-0.4, -0.2) is 65.9 Å². The first-order chi connectivity index (χ1) is 16.8. The van der Waals surface area contributed by atoms with E-state index in [0.29, 0.717) is 23.4 Å². The molecule has 0 spiro atoms. The number of nitrogens with zero attached hydrogens (tertiary/aromatic N) is 4. The molecular formula is C28H35ClN4O2. The van der Waals surface area contributed by atoms with E-state index >= 15 is 0 Å². The number of carbonyl (C=O) groups is 2. The molecule has 0 N–H and O–H groups in total. The third-order valence-corrected chi connectivity index (χ3v) is 8.33. The minimum absolute atomic E-state index is 0.125. The molecule has 3 fully saturated rings. The summed E-state index contributed by atoms with van der Waals surface area (Å²) in [5.41, 5.74) is 4.52. The number of halogens is 1. The third kappa shape index (κ3) is 5.10. The van der Waals surface area contributed by atoms with Crippen LogP contribution in [0.5, 0.6) is 0 Å². The first kappa shape index (κ1) is 24.3. The number of hydrogen-bond donors (Lipinski definition) is 0. The van der Waals surface area contributed by atoms with Crippen molar-refractivity contribution in [1.82, 2.24) is 14.8 Å². The van der Waals surface area contributed by atoms with Crippen LogP contribution in [-0.2, 0) is 4.79 Å². The first-order valence-corrected chi connectivity index (χ1v) is 13.2. The van der Waals surface area contributed by atoms with Crippen molar-refractivity contribution in [3.8, 4) is 0 Å². The lowest BCUT2D eigenvalue weighted by Crippen LogP contribution is -2.36. The number of pyridine rings is 1. The second kappa shape index (κ2) is 9.90. The van der Waals surface area contributed by atoms with Crippen molar-refractivity contribution < 1.29 is 9.59 Å². The number of rotatable bonds is 7. The van der Waals surface area contributed by atoms with Crippen LogP contribution in [0.25, 0.3) is 0 Å². The SMILES string of the molecule is Cc1ccc(N(CCCN2CC3CN(C(=O)c4c(C)ccnc4C)CC3C2)C(=O)C2CC2)cc1Cl. The van der Waals surface area contributed by atoms with Crippen molar-refractivity contribution in [1.29, 1.82) is 0 Å². The highest BCUT2D eigenvalue weighted by Crippen LogP contribution is 2.35. The number of aryl methyl sites for hydroxylation is 3. The van der Waals surface area contributed by atoms with Gasteiger partial charge in [-0.15, -0.1) is 0 Å². The lowest BCUT2D eigenvalue weighted by atomic mass is 10.0. The van der Waals surface area contributed by atoms with E-state index in [1.54, 1.807) is 6.20 Å². The molecule has 3 aliphatic rings. The molecule has 6 nitrogen and oxygen atoms in total.